The van der Waals surface area contributed by atoms with Gasteiger partial charge in [-0.3, -0.25) is 19.7 Å². The summed E-state index contributed by atoms with van der Waals surface area (Å²) < 4.78 is 27.4. The first-order chi connectivity index (χ1) is 43.5. The average molecular weight is 1380 g/mol. The number of fused-ring (bicyclic) bond motifs is 8. The summed E-state index contributed by atoms with van der Waals surface area (Å²) in [5.74, 6) is 2.17. The first-order valence-electron chi connectivity index (χ1n) is 31.3. The molecule has 18 nitrogen and oxygen atoms in total. The van der Waals surface area contributed by atoms with Crippen LogP contribution < -0.4 is 60.1 Å². The zero-order valence-electron chi connectivity index (χ0n) is 51.3. The molecule has 0 fully saturated rings. The van der Waals surface area contributed by atoms with Crippen LogP contribution in [0.15, 0.2) is 97.1 Å². The van der Waals surface area contributed by atoms with Gasteiger partial charge in [0.15, 0.2) is 0 Å². The lowest BCUT2D eigenvalue weighted by Crippen LogP contribution is -2.39. The lowest BCUT2D eigenvalue weighted by atomic mass is 9.86. The Morgan fingerprint density at radius 1 is 0.589 bits per heavy atom. The van der Waals surface area contributed by atoms with Gasteiger partial charge in [0.25, 0.3) is 5.91 Å². The molecule has 12 rings (SSSR count). The van der Waals surface area contributed by atoms with Crippen molar-refractivity contribution in [2.45, 2.75) is 104 Å². The number of hydrogen-bond acceptors (Lipinski definition) is 15. The van der Waals surface area contributed by atoms with E-state index in [0.29, 0.717) is 48.7 Å². The Morgan fingerprint density at radius 2 is 1.06 bits per heavy atom. The molecule has 0 aliphatic carbocycles. The summed E-state index contributed by atoms with van der Waals surface area (Å²) in [6, 6.07) is 32.5. The molecule has 6 aliphatic rings. The molecule has 0 atom stereocenters. The lowest BCUT2D eigenvalue weighted by Gasteiger charge is -2.33. The fourth-order valence-electron chi connectivity index (χ4n) is 13.6. The number of rotatable bonds is 24. The molecule has 0 aromatic heterocycles. The minimum atomic E-state index is -0.947. The maximum absolute atomic E-state index is 14.0. The van der Waals surface area contributed by atoms with Crippen molar-refractivity contribution in [3.63, 3.8) is 0 Å². The van der Waals surface area contributed by atoms with Crippen LogP contribution in [0.2, 0.25) is 0 Å². The van der Waals surface area contributed by atoms with E-state index in [0.717, 1.165) is 213 Å². The Kier molecular flexibility index (Phi) is 23.0. The molecule has 90 heavy (non-hydrogen) atoms. The fraction of sp³-hybridized carbons (Fsp3) is 0.406. The van der Waals surface area contributed by atoms with Crippen LogP contribution in [0.5, 0.6) is 23.0 Å². The molecule has 6 aromatic rings. The van der Waals surface area contributed by atoms with Gasteiger partial charge < -0.3 is 44.9 Å². The number of ether oxygens (including phenoxy) is 2. The number of aromatic carboxylic acids is 1. The maximum atomic E-state index is 14.0. The van der Waals surface area contributed by atoms with Gasteiger partial charge in [0.05, 0.1) is 17.7 Å². The molecule has 0 unspecified atom stereocenters. The number of halogens is 1. The van der Waals surface area contributed by atoms with Crippen LogP contribution in [0.1, 0.15) is 143 Å². The second-order valence-corrected chi connectivity index (χ2v) is 25.0. The van der Waals surface area contributed by atoms with Crippen molar-refractivity contribution in [1.29, 1.82) is 0 Å². The molecule has 476 valence electrons. The van der Waals surface area contributed by atoms with Gasteiger partial charge in [0.1, 0.15) is 49.2 Å². The van der Waals surface area contributed by atoms with E-state index < -0.39 is 11.9 Å². The average Bonchev–Trinajstić information content (AvgIpc) is 0.754. The van der Waals surface area contributed by atoms with Gasteiger partial charge in [0.2, 0.25) is 10.7 Å². The second kappa shape index (κ2) is 31.2. The van der Waals surface area contributed by atoms with Gasteiger partial charge in [0, 0.05) is 180 Å². The molecule has 0 saturated heterocycles. The van der Waals surface area contributed by atoms with Crippen molar-refractivity contribution >= 4 is 88.4 Å². The molecule has 6 heterocycles. The molecule has 0 bridgehead atoms. The molecule has 0 spiro atoms. The predicted molar refractivity (Wildman–Crippen MR) is 355 cm³/mol. The minimum Gasteiger partial charge on any atom is -0.691 e. The Bertz CT molecular complexity index is 3920. The normalized spacial score (nSPS) is 15.0. The van der Waals surface area contributed by atoms with Crippen LogP contribution in [0, 0.1) is 0 Å². The van der Waals surface area contributed by atoms with E-state index in [1.165, 1.54) is 33.0 Å². The van der Waals surface area contributed by atoms with E-state index in [-0.39, 0.29) is 41.9 Å². The standard InChI is InChI=1S/C37H43N3O7S.C32H34N2O6S.HI/c1-3-4-16-39-17-7-10-25-21-29-33(23-31(25)39)45-34-24-32-26(11-8-18-40(32)19-20-48-47-46-44)22-30(34)36(29)27-12-5-6-13-28(27)37(43)38(2)15-9-14-35(41)42;1-2-3-12-33-13-6-8-21-17-25-29(19-27(21)33)38-30-20-28-22(9-7-14-34(28)15-16-41-40-39-37)18-26(30)31(25)23-10-4-5-11-24(23)32(35)36;/h5-6,12-13,21-24H,3-4,7-11,14-20H2,1-2H3,(H-,41,42,44);4-5,10-11,17-20H,2-3,6-9,12-16H2,1H3,(H-,35,36,37);1H. The lowest BCUT2D eigenvalue weighted by molar-refractivity contribution is -0.777. The summed E-state index contributed by atoms with van der Waals surface area (Å²) in [5.41, 5.74) is 13.3. The summed E-state index contributed by atoms with van der Waals surface area (Å²) in [6.07, 6.45) is 12.9. The van der Waals surface area contributed by atoms with Crippen molar-refractivity contribution in [2.24, 2.45) is 0 Å². The zero-order valence-corrected chi connectivity index (χ0v) is 55.2. The van der Waals surface area contributed by atoms with Crippen molar-refractivity contribution in [1.82, 2.24) is 14.1 Å². The third-order valence-corrected chi connectivity index (χ3v) is 18.8. The largest absolute Gasteiger partial charge is 0.691 e. The fourth-order valence-corrected chi connectivity index (χ4v) is 14.4. The molecule has 2 N–H and O–H groups in total. The van der Waals surface area contributed by atoms with E-state index in [1.807, 2.05) is 36.4 Å². The number of benzene rings is 6. The number of carbonyl (C=O) groups excluding carboxylic acids is 1. The molecular weight excluding hydrogens is 1300 g/mol. The summed E-state index contributed by atoms with van der Waals surface area (Å²) in [5, 5.41) is 51.2. The number of carbonyl (C=O) groups is 3. The Hall–Kier alpha value is -6.54. The van der Waals surface area contributed by atoms with Crippen molar-refractivity contribution < 1.29 is 63.3 Å². The number of carboxylic acids is 2. The Labute approximate surface area is 550 Å². The smallest absolute Gasteiger partial charge is 0.336 e. The highest BCUT2D eigenvalue weighted by Gasteiger charge is 2.33. The predicted octanol–water partition coefficient (Wildman–Crippen LogP) is 8.06. The quantitative estimate of drug-likeness (QED) is 0.0146. The number of unbranched alkanes of at least 4 members (excludes halogenated alkanes) is 2. The second-order valence-electron chi connectivity index (χ2n) is 23.5. The van der Waals surface area contributed by atoms with Gasteiger partial charge in [-0.2, -0.15) is 8.67 Å². The number of nitrogens with zero attached hydrogens (tertiary/aromatic N) is 5. The van der Waals surface area contributed by atoms with Crippen LogP contribution in [0.25, 0.3) is 11.1 Å². The monoisotopic (exact) mass is 1380 g/mol. The van der Waals surface area contributed by atoms with Gasteiger partial charge in [-0.05, 0) is 104 Å². The number of aliphatic carboxylic acids is 1. The maximum Gasteiger partial charge on any atom is 0.336 e. The van der Waals surface area contributed by atoms with Crippen LogP contribution in [0.3, 0.4) is 0 Å². The van der Waals surface area contributed by atoms with E-state index in [4.69, 9.17) is 14.6 Å². The highest BCUT2D eigenvalue weighted by Crippen LogP contribution is 2.45. The van der Waals surface area contributed by atoms with E-state index >= 15 is 0 Å². The summed E-state index contributed by atoms with van der Waals surface area (Å²) in [7, 11) is 1.73. The number of carboxylic acid groups (broad SMARTS) is 2. The number of anilines is 2. The molecular formula is C69H78IN5O13S2. The highest BCUT2D eigenvalue weighted by molar-refractivity contribution is 14.0. The summed E-state index contributed by atoms with van der Waals surface area (Å²) in [4.78, 5) is 43.7. The van der Waals surface area contributed by atoms with Gasteiger partial charge >= 0.3 is 11.9 Å². The van der Waals surface area contributed by atoms with Gasteiger partial charge in [-0.15, -0.1) is 24.0 Å². The third kappa shape index (κ3) is 14.7. The van der Waals surface area contributed by atoms with Crippen LogP contribution in [0.4, 0.5) is 11.4 Å². The first kappa shape index (κ1) is 66.4. The molecule has 0 saturated carbocycles. The van der Waals surface area contributed by atoms with Gasteiger partial charge in [-0.1, -0.05) is 63.1 Å². The SMILES string of the molecule is CCCC[N+]1=c2cc3c(cc2CCC1)=C(c1ccccc1C(=O)N(C)CCCC(=O)O)c1cc2c(cc1O3)N(CCSOO[O-])CCC2.CCCC[N+]1=c2cc3c(cc2CCC1)=C(c1ccccc1C(=O)O)c1cc2c(cc1O3)N(CCSOO[O-])CCC2.I. The van der Waals surface area contributed by atoms with E-state index in [9.17, 15) is 30.0 Å². The van der Waals surface area contributed by atoms with Crippen LogP contribution >= 0.6 is 48.1 Å². The topological polar surface area (TPSA) is 209 Å². The van der Waals surface area contributed by atoms with E-state index in [1.54, 1.807) is 24.1 Å². The molecule has 0 radical (unpaired) electrons. The number of amides is 1. The van der Waals surface area contributed by atoms with E-state index in [2.05, 4.69) is 100 Å². The Balaban J connectivity index is 0.000000198. The number of aryl methyl sites for hydroxylation is 4. The third-order valence-electron chi connectivity index (χ3n) is 17.8. The van der Waals surface area contributed by atoms with Crippen molar-refractivity contribution in [3.05, 3.63) is 174 Å². The number of hydrogen-bond donors (Lipinski definition) is 2. The summed E-state index contributed by atoms with van der Waals surface area (Å²) >= 11 is 1.98. The Morgan fingerprint density at radius 3 is 1.52 bits per heavy atom. The molecule has 21 heteroatoms. The molecule has 6 aliphatic heterocycles. The van der Waals surface area contributed by atoms with Crippen LogP contribution in [-0.4, -0.2) is 110 Å². The summed E-state index contributed by atoms with van der Waals surface area (Å²) in [6.45, 7) is 12.0. The van der Waals surface area contributed by atoms with Crippen molar-refractivity contribution in [2.75, 3.05) is 87.3 Å². The molecule has 1 amide bonds. The van der Waals surface area contributed by atoms with Crippen molar-refractivity contribution in [3.8, 4) is 23.0 Å². The van der Waals surface area contributed by atoms with Crippen LogP contribution in [-0.2, 0) is 49.2 Å². The zero-order chi connectivity index (χ0) is 62.0. The molecule has 6 aromatic carbocycles. The minimum absolute atomic E-state index is 0. The highest BCUT2D eigenvalue weighted by atomic mass is 127. The first-order valence-corrected chi connectivity index (χ1v) is 33.1. The van der Waals surface area contributed by atoms with Gasteiger partial charge in [-0.25, -0.2) is 13.9 Å².